The molecule has 2 aromatic rings. The van der Waals surface area contributed by atoms with Gasteiger partial charge in [-0.1, -0.05) is 0 Å². The van der Waals surface area contributed by atoms with Gasteiger partial charge in [0.1, 0.15) is 22.0 Å². The molecule has 1 aromatic heterocycles. The third kappa shape index (κ3) is 4.83. The lowest BCUT2D eigenvalue weighted by atomic mass is 10.1. The van der Waals surface area contributed by atoms with Crippen LogP contribution >= 0.6 is 0 Å². The molecule has 1 fully saturated rings. The van der Waals surface area contributed by atoms with Gasteiger partial charge in [-0.25, -0.2) is 13.2 Å². The lowest BCUT2D eigenvalue weighted by Crippen LogP contribution is -2.50. The van der Waals surface area contributed by atoms with Crippen LogP contribution < -0.4 is 4.90 Å². The van der Waals surface area contributed by atoms with Gasteiger partial charge in [0.05, 0.1) is 7.11 Å². The van der Waals surface area contributed by atoms with E-state index in [9.17, 15) is 18.0 Å². The van der Waals surface area contributed by atoms with Crippen LogP contribution in [0.1, 0.15) is 53.0 Å². The van der Waals surface area contributed by atoms with Gasteiger partial charge >= 0.3 is 5.97 Å². The topological polar surface area (TPSA) is 100 Å². The number of hydrogen-bond acceptors (Lipinski definition) is 7. The molecule has 0 radical (unpaired) electrons. The second kappa shape index (κ2) is 10.2. The molecule has 1 aliphatic rings. The van der Waals surface area contributed by atoms with Gasteiger partial charge in [-0.3, -0.25) is 4.79 Å². The van der Waals surface area contributed by atoms with Crippen LogP contribution in [0.15, 0.2) is 33.6 Å². The standard InChI is InChI=1S/C24H33N3O6S/c1-7-27(16(2)3)20-10-8-19(9-11-20)23(28)25-12-14-26(15-13-25)34(30,31)22-18(5)33-17(4)21(22)24(29)32-6/h8-11,16H,7,12-15H2,1-6H3. The van der Waals surface area contributed by atoms with Crippen LogP contribution in [0.3, 0.4) is 0 Å². The highest BCUT2D eigenvalue weighted by Gasteiger charge is 2.37. The van der Waals surface area contributed by atoms with Crippen molar-refractivity contribution < 1.29 is 27.2 Å². The minimum absolute atomic E-state index is 0.0823. The van der Waals surface area contributed by atoms with E-state index in [0.717, 1.165) is 12.2 Å². The number of anilines is 1. The number of rotatable bonds is 7. The molecule has 1 aliphatic heterocycles. The second-order valence-electron chi connectivity index (χ2n) is 8.53. The third-order valence-electron chi connectivity index (χ3n) is 6.13. The summed E-state index contributed by atoms with van der Waals surface area (Å²) in [5.74, 6) is -0.565. The van der Waals surface area contributed by atoms with Crippen LogP contribution in [-0.4, -0.2) is 75.4 Å². The summed E-state index contributed by atoms with van der Waals surface area (Å²) in [7, 11) is -2.81. The molecule has 9 nitrogen and oxygen atoms in total. The molecule has 0 N–H and O–H groups in total. The number of ether oxygens (including phenoxy) is 1. The fourth-order valence-electron chi connectivity index (χ4n) is 4.40. The molecule has 1 aromatic carbocycles. The number of nitrogens with zero attached hydrogens (tertiary/aromatic N) is 3. The SMILES string of the molecule is CCN(c1ccc(C(=O)N2CCN(S(=O)(=O)c3c(C)oc(C)c3C(=O)OC)CC2)cc1)C(C)C. The predicted octanol–water partition coefficient (Wildman–Crippen LogP) is 3.06. The molecule has 0 unspecified atom stereocenters. The van der Waals surface area contributed by atoms with E-state index in [1.165, 1.54) is 25.3 Å². The molecule has 0 bridgehead atoms. The molecule has 186 valence electrons. The molecular weight excluding hydrogens is 458 g/mol. The van der Waals surface area contributed by atoms with Gasteiger partial charge in [-0.15, -0.1) is 0 Å². The summed E-state index contributed by atoms with van der Waals surface area (Å²) in [5, 5.41) is 0. The molecule has 0 saturated carbocycles. The van der Waals surface area contributed by atoms with Crippen molar-refractivity contribution in [1.29, 1.82) is 0 Å². The van der Waals surface area contributed by atoms with E-state index >= 15 is 0 Å². The molecule has 34 heavy (non-hydrogen) atoms. The van der Waals surface area contributed by atoms with E-state index in [1.54, 1.807) is 4.90 Å². The summed E-state index contributed by atoms with van der Waals surface area (Å²) in [5.41, 5.74) is 1.53. The van der Waals surface area contributed by atoms with E-state index in [4.69, 9.17) is 9.15 Å². The maximum atomic E-state index is 13.3. The second-order valence-corrected chi connectivity index (χ2v) is 10.4. The van der Waals surface area contributed by atoms with Gasteiger partial charge in [-0.2, -0.15) is 4.31 Å². The van der Waals surface area contributed by atoms with Crippen molar-refractivity contribution in [3.63, 3.8) is 0 Å². The van der Waals surface area contributed by atoms with Gasteiger partial charge in [0, 0.05) is 50.0 Å². The molecule has 10 heteroatoms. The summed E-state index contributed by atoms with van der Waals surface area (Å²) in [6.45, 7) is 11.0. The Morgan fingerprint density at radius 3 is 2.15 bits per heavy atom. The van der Waals surface area contributed by atoms with E-state index in [-0.39, 0.29) is 54.1 Å². The Kier molecular flexibility index (Phi) is 7.72. The third-order valence-corrected chi connectivity index (χ3v) is 8.18. The van der Waals surface area contributed by atoms with E-state index in [0.29, 0.717) is 11.6 Å². The number of amides is 1. The maximum Gasteiger partial charge on any atom is 0.342 e. The normalized spacial score (nSPS) is 15.0. The van der Waals surface area contributed by atoms with Crippen molar-refractivity contribution in [3.8, 4) is 0 Å². The molecular formula is C24H33N3O6S. The first-order chi connectivity index (χ1) is 16.0. The van der Waals surface area contributed by atoms with Crippen LogP contribution in [0.25, 0.3) is 0 Å². The van der Waals surface area contributed by atoms with Crippen LogP contribution in [0.2, 0.25) is 0 Å². The molecule has 0 atom stereocenters. The number of methoxy groups -OCH3 is 1. The smallest absolute Gasteiger partial charge is 0.342 e. The highest BCUT2D eigenvalue weighted by Crippen LogP contribution is 2.30. The monoisotopic (exact) mass is 491 g/mol. The highest BCUT2D eigenvalue weighted by molar-refractivity contribution is 7.89. The number of piperazine rings is 1. The van der Waals surface area contributed by atoms with Crippen LogP contribution in [0, 0.1) is 13.8 Å². The number of aryl methyl sites for hydroxylation is 2. The molecule has 0 spiro atoms. The predicted molar refractivity (Wildman–Crippen MR) is 129 cm³/mol. The number of carbonyl (C=O) groups is 2. The Bertz CT molecular complexity index is 1150. The fraction of sp³-hybridized carbons (Fsp3) is 0.500. The molecule has 2 heterocycles. The lowest BCUT2D eigenvalue weighted by molar-refractivity contribution is 0.0594. The van der Waals surface area contributed by atoms with Crippen LogP contribution in [-0.2, 0) is 14.8 Å². The zero-order valence-corrected chi connectivity index (χ0v) is 21.4. The van der Waals surface area contributed by atoms with E-state index < -0.39 is 16.0 Å². The molecule has 1 saturated heterocycles. The Hall–Kier alpha value is -2.85. The van der Waals surface area contributed by atoms with Gasteiger partial charge in [0.25, 0.3) is 5.91 Å². The molecule has 3 rings (SSSR count). The summed E-state index contributed by atoms with van der Waals surface area (Å²) in [6, 6.07) is 7.85. The first-order valence-corrected chi connectivity index (χ1v) is 12.8. The van der Waals surface area contributed by atoms with Gasteiger partial charge in [-0.05, 0) is 58.9 Å². The van der Waals surface area contributed by atoms with Gasteiger partial charge < -0.3 is 19.0 Å². The van der Waals surface area contributed by atoms with Crippen molar-refractivity contribution in [2.24, 2.45) is 0 Å². The first kappa shape index (κ1) is 25.8. The maximum absolute atomic E-state index is 13.3. The first-order valence-electron chi connectivity index (χ1n) is 11.4. The Morgan fingerprint density at radius 1 is 1.06 bits per heavy atom. The molecule has 0 aliphatic carbocycles. The number of benzene rings is 1. The zero-order chi connectivity index (χ0) is 25.2. The van der Waals surface area contributed by atoms with Crippen molar-refractivity contribution in [2.45, 2.75) is 45.6 Å². The van der Waals surface area contributed by atoms with Crippen LogP contribution in [0.5, 0.6) is 0 Å². The largest absolute Gasteiger partial charge is 0.465 e. The summed E-state index contributed by atoms with van der Waals surface area (Å²) in [6.07, 6.45) is 0. The number of esters is 1. The lowest BCUT2D eigenvalue weighted by Gasteiger charge is -2.34. The minimum atomic E-state index is -4.00. The Morgan fingerprint density at radius 2 is 1.65 bits per heavy atom. The van der Waals surface area contributed by atoms with Crippen LogP contribution in [0.4, 0.5) is 5.69 Å². The average Bonchev–Trinajstić information content (AvgIpc) is 3.13. The van der Waals surface area contributed by atoms with Crippen molar-refractivity contribution in [3.05, 3.63) is 46.9 Å². The highest BCUT2D eigenvalue weighted by atomic mass is 32.2. The van der Waals surface area contributed by atoms with E-state index in [2.05, 4.69) is 25.7 Å². The number of carbonyl (C=O) groups excluding carboxylic acids is 2. The van der Waals surface area contributed by atoms with Crippen molar-refractivity contribution >= 4 is 27.6 Å². The molecule has 1 amide bonds. The van der Waals surface area contributed by atoms with Crippen molar-refractivity contribution in [1.82, 2.24) is 9.21 Å². The number of hydrogen-bond donors (Lipinski definition) is 0. The Labute approximate surface area is 201 Å². The number of furan rings is 1. The minimum Gasteiger partial charge on any atom is -0.465 e. The fourth-order valence-corrected chi connectivity index (χ4v) is 6.19. The van der Waals surface area contributed by atoms with Gasteiger partial charge in [0.2, 0.25) is 10.0 Å². The summed E-state index contributed by atoms with van der Waals surface area (Å²) >= 11 is 0. The number of sulfonamides is 1. The summed E-state index contributed by atoms with van der Waals surface area (Å²) < 4.78 is 38.2. The van der Waals surface area contributed by atoms with Crippen molar-refractivity contribution in [2.75, 3.05) is 44.7 Å². The van der Waals surface area contributed by atoms with E-state index in [1.807, 2.05) is 24.3 Å². The average molecular weight is 492 g/mol. The summed E-state index contributed by atoms with van der Waals surface area (Å²) in [4.78, 5) is 28.9. The Balaban J connectivity index is 1.73. The quantitative estimate of drug-likeness (QED) is 0.549. The van der Waals surface area contributed by atoms with Gasteiger partial charge in [0.15, 0.2) is 0 Å². The zero-order valence-electron chi connectivity index (χ0n) is 20.6.